The largest absolute Gasteiger partial charge is 0.493 e. The molecule has 0 radical (unpaired) electrons. The molecule has 4 rings (SSSR count). The second-order valence-corrected chi connectivity index (χ2v) is 9.39. The summed E-state index contributed by atoms with van der Waals surface area (Å²) in [6.07, 6.45) is 0. The molecule has 0 saturated heterocycles. The van der Waals surface area contributed by atoms with Crippen LogP contribution in [0.3, 0.4) is 0 Å². The molecule has 8 nitrogen and oxygen atoms in total. The van der Waals surface area contributed by atoms with Gasteiger partial charge in [-0.05, 0) is 30.3 Å². The Bertz CT molecular complexity index is 1470. The van der Waals surface area contributed by atoms with E-state index in [1.807, 2.05) is 6.07 Å². The number of sulfonamides is 1. The van der Waals surface area contributed by atoms with E-state index < -0.39 is 22.5 Å². The summed E-state index contributed by atoms with van der Waals surface area (Å²) in [7, 11) is -2.46. The molecule has 4 aromatic rings. The Hall–Kier alpha value is -3.69. The summed E-state index contributed by atoms with van der Waals surface area (Å²) in [5.41, 5.74) is 0.969. The van der Waals surface area contributed by atoms with Gasteiger partial charge in [0.25, 0.3) is 15.9 Å². The summed E-state index contributed by atoms with van der Waals surface area (Å²) in [6, 6.07) is 21.1. The highest BCUT2D eigenvalue weighted by Gasteiger charge is 2.28. The van der Waals surface area contributed by atoms with Crippen LogP contribution in [0, 0.1) is 0 Å². The highest BCUT2D eigenvalue weighted by Crippen LogP contribution is 2.38. The number of amides is 1. The number of fused-ring (bicyclic) bond motifs is 1. The molecular weight excluding hydrogens is 464 g/mol. The topological polar surface area (TPSA) is 104 Å². The molecule has 10 heteroatoms. The van der Waals surface area contributed by atoms with Gasteiger partial charge in [0, 0.05) is 12.4 Å². The van der Waals surface area contributed by atoms with Crippen LogP contribution in [0.1, 0.15) is 0 Å². The van der Waals surface area contributed by atoms with E-state index >= 15 is 0 Å². The lowest BCUT2D eigenvalue weighted by atomic mass is 10.2. The molecule has 1 aromatic heterocycles. The Morgan fingerprint density at radius 2 is 1.64 bits per heavy atom. The van der Waals surface area contributed by atoms with Crippen LogP contribution in [0.25, 0.3) is 10.9 Å². The maximum absolute atomic E-state index is 13.3. The van der Waals surface area contributed by atoms with E-state index in [1.165, 1.54) is 28.8 Å². The zero-order valence-corrected chi connectivity index (χ0v) is 19.0. The Morgan fingerprint density at radius 3 is 2.36 bits per heavy atom. The van der Waals surface area contributed by atoms with Crippen molar-refractivity contribution in [3.8, 4) is 5.88 Å². The summed E-state index contributed by atoms with van der Waals surface area (Å²) in [5, 5.41) is 18.8. The Kier molecular flexibility index (Phi) is 6.17. The molecule has 0 fully saturated rings. The third kappa shape index (κ3) is 4.33. The molecular formula is C23H19ClN4O4S. The van der Waals surface area contributed by atoms with Crippen LogP contribution in [0.5, 0.6) is 5.88 Å². The van der Waals surface area contributed by atoms with Crippen LogP contribution < -0.4 is 4.31 Å². The number of aromatic hydroxyl groups is 1. The van der Waals surface area contributed by atoms with Crippen molar-refractivity contribution < 1.29 is 18.3 Å². The van der Waals surface area contributed by atoms with Crippen LogP contribution >= 0.6 is 11.6 Å². The van der Waals surface area contributed by atoms with E-state index in [1.54, 1.807) is 55.6 Å². The number of hydrogen-bond acceptors (Lipinski definition) is 5. The maximum atomic E-state index is 13.3. The highest BCUT2D eigenvalue weighted by molar-refractivity contribution is 7.92. The third-order valence-corrected chi connectivity index (χ3v) is 7.14. The first kappa shape index (κ1) is 22.5. The van der Waals surface area contributed by atoms with Gasteiger partial charge in [-0.2, -0.15) is 0 Å². The van der Waals surface area contributed by atoms with Crippen molar-refractivity contribution in [2.45, 2.75) is 4.90 Å². The number of halogens is 1. The molecule has 3 aromatic carbocycles. The minimum absolute atomic E-state index is 0.00126. The number of hydrogen-bond donors (Lipinski definition) is 1. The first-order chi connectivity index (χ1) is 15.8. The zero-order valence-electron chi connectivity index (χ0n) is 17.5. The van der Waals surface area contributed by atoms with Gasteiger partial charge in [0.05, 0.1) is 21.1 Å². The summed E-state index contributed by atoms with van der Waals surface area (Å²) in [4.78, 5) is 12.7. The standard InChI is InChI=1S/C23H19ClN4O4S/c1-27-19-13-7-5-11-17(19)22(23(27)30)26-25-21(29)15-28(20-14-8-6-12-18(20)24)33(31,32)16-9-3-2-4-10-16/h2-14,30H,15H2,1H3. The van der Waals surface area contributed by atoms with Gasteiger partial charge in [-0.1, -0.05) is 60.1 Å². The van der Waals surface area contributed by atoms with E-state index in [9.17, 15) is 18.3 Å². The number of benzene rings is 3. The van der Waals surface area contributed by atoms with Gasteiger partial charge in [-0.3, -0.25) is 9.10 Å². The minimum Gasteiger partial charge on any atom is -0.493 e. The van der Waals surface area contributed by atoms with Crippen molar-refractivity contribution in [1.29, 1.82) is 0 Å². The number of azo groups is 1. The fourth-order valence-corrected chi connectivity index (χ4v) is 5.13. The summed E-state index contributed by atoms with van der Waals surface area (Å²) < 4.78 is 29.1. The van der Waals surface area contributed by atoms with E-state index in [-0.39, 0.29) is 27.2 Å². The van der Waals surface area contributed by atoms with Crippen molar-refractivity contribution in [2.24, 2.45) is 17.3 Å². The zero-order chi connectivity index (χ0) is 23.6. The molecule has 0 atom stereocenters. The Balaban J connectivity index is 1.70. The van der Waals surface area contributed by atoms with Gasteiger partial charge < -0.3 is 9.67 Å². The first-order valence-corrected chi connectivity index (χ1v) is 11.7. The quantitative estimate of drug-likeness (QED) is 0.388. The number of nitrogens with zero attached hydrogens (tertiary/aromatic N) is 4. The third-order valence-electron chi connectivity index (χ3n) is 5.04. The SMILES string of the molecule is Cn1c(O)c(N=NC(=O)CN(c2ccccc2Cl)S(=O)(=O)c2ccccc2)c2ccccc21. The highest BCUT2D eigenvalue weighted by atomic mass is 35.5. The summed E-state index contributed by atoms with van der Waals surface area (Å²) >= 11 is 6.25. The van der Waals surface area contributed by atoms with Gasteiger partial charge >= 0.3 is 0 Å². The smallest absolute Gasteiger partial charge is 0.285 e. The number of carbonyl (C=O) groups is 1. The molecule has 168 valence electrons. The van der Waals surface area contributed by atoms with Gasteiger partial charge in [0.1, 0.15) is 6.54 Å². The van der Waals surface area contributed by atoms with Crippen molar-refractivity contribution >= 4 is 49.8 Å². The van der Waals surface area contributed by atoms with Crippen LogP contribution in [-0.2, 0) is 21.9 Å². The van der Waals surface area contributed by atoms with Crippen molar-refractivity contribution in [1.82, 2.24) is 4.57 Å². The minimum atomic E-state index is -4.12. The molecule has 1 heterocycles. The molecule has 0 aliphatic rings. The maximum Gasteiger partial charge on any atom is 0.285 e. The number of aryl methyl sites for hydroxylation is 1. The molecule has 0 aliphatic heterocycles. The van der Waals surface area contributed by atoms with Gasteiger partial charge in [0.15, 0.2) is 5.69 Å². The normalized spacial score (nSPS) is 11.8. The van der Waals surface area contributed by atoms with Crippen LogP contribution in [0.4, 0.5) is 11.4 Å². The monoisotopic (exact) mass is 482 g/mol. The van der Waals surface area contributed by atoms with E-state index in [4.69, 9.17) is 11.6 Å². The predicted molar refractivity (Wildman–Crippen MR) is 127 cm³/mol. The van der Waals surface area contributed by atoms with Gasteiger partial charge in [-0.15, -0.1) is 10.2 Å². The second kappa shape index (κ2) is 9.05. The molecule has 1 N–H and O–H groups in total. The van der Waals surface area contributed by atoms with Crippen molar-refractivity contribution in [3.05, 3.63) is 83.9 Å². The molecule has 1 amide bonds. The summed E-state index contributed by atoms with van der Waals surface area (Å²) in [5.74, 6) is -0.991. The lowest BCUT2D eigenvalue weighted by Gasteiger charge is -2.23. The number of carbonyl (C=O) groups excluding carboxylic acids is 1. The summed E-state index contributed by atoms with van der Waals surface area (Å²) in [6.45, 7) is -0.629. The molecule has 0 aliphatic carbocycles. The van der Waals surface area contributed by atoms with Crippen molar-refractivity contribution in [3.63, 3.8) is 0 Å². The number of para-hydroxylation sites is 2. The van der Waals surface area contributed by atoms with E-state index in [0.29, 0.717) is 10.9 Å². The molecule has 0 saturated carbocycles. The molecule has 33 heavy (non-hydrogen) atoms. The number of rotatable bonds is 6. The number of aromatic nitrogens is 1. The average Bonchev–Trinajstić information content (AvgIpc) is 3.07. The first-order valence-electron chi connectivity index (χ1n) is 9.84. The van der Waals surface area contributed by atoms with Crippen LogP contribution in [-0.4, -0.2) is 30.5 Å². The molecule has 0 unspecified atom stereocenters. The fraction of sp³-hybridized carbons (Fsp3) is 0.0870. The van der Waals surface area contributed by atoms with Gasteiger partial charge in [-0.25, -0.2) is 8.42 Å². The second-order valence-electron chi connectivity index (χ2n) is 7.12. The van der Waals surface area contributed by atoms with E-state index in [0.717, 1.165) is 4.31 Å². The molecule has 0 bridgehead atoms. The number of anilines is 1. The van der Waals surface area contributed by atoms with Gasteiger partial charge in [0.2, 0.25) is 5.88 Å². The van der Waals surface area contributed by atoms with Crippen LogP contribution in [0.15, 0.2) is 94.0 Å². The average molecular weight is 483 g/mol. The Morgan fingerprint density at radius 1 is 1.00 bits per heavy atom. The van der Waals surface area contributed by atoms with Crippen LogP contribution in [0.2, 0.25) is 5.02 Å². The van der Waals surface area contributed by atoms with Crippen molar-refractivity contribution in [2.75, 3.05) is 10.8 Å². The predicted octanol–water partition coefficient (Wildman–Crippen LogP) is 5.04. The lowest BCUT2D eigenvalue weighted by Crippen LogP contribution is -2.35. The Labute approximate surface area is 195 Å². The lowest BCUT2D eigenvalue weighted by molar-refractivity contribution is -0.116. The molecule has 0 spiro atoms. The van der Waals surface area contributed by atoms with E-state index in [2.05, 4.69) is 10.2 Å². The fourth-order valence-electron chi connectivity index (χ4n) is 3.39.